The first-order valence-corrected chi connectivity index (χ1v) is 8.44. The zero-order valence-corrected chi connectivity index (χ0v) is 14.0. The average molecular weight is 338 g/mol. The summed E-state index contributed by atoms with van der Waals surface area (Å²) < 4.78 is 13.6. The van der Waals surface area contributed by atoms with Crippen LogP contribution in [0.3, 0.4) is 0 Å². The second-order valence-electron chi connectivity index (χ2n) is 7.01. The molecule has 0 bridgehead atoms. The molecule has 1 atom stereocenters. The van der Waals surface area contributed by atoms with Gasteiger partial charge in [-0.1, -0.05) is 24.3 Å². The van der Waals surface area contributed by atoms with E-state index in [-0.39, 0.29) is 21.8 Å². The summed E-state index contributed by atoms with van der Waals surface area (Å²) >= 11 is 0. The highest BCUT2D eigenvalue weighted by atomic mass is 19.1. The van der Waals surface area contributed by atoms with Gasteiger partial charge >= 0.3 is 0 Å². The Morgan fingerprint density at radius 1 is 1.24 bits per heavy atom. The van der Waals surface area contributed by atoms with Gasteiger partial charge in [0.05, 0.1) is 10.5 Å². The number of benzene rings is 2. The van der Waals surface area contributed by atoms with Crippen LogP contribution in [-0.2, 0) is 5.41 Å². The average Bonchev–Trinajstić information content (AvgIpc) is 2.87. The summed E-state index contributed by atoms with van der Waals surface area (Å²) in [6, 6.07) is 12.0. The molecule has 2 aromatic rings. The van der Waals surface area contributed by atoms with E-state index < -0.39 is 0 Å². The molecule has 4 rings (SSSR count). The molecule has 1 spiro atoms. The first-order valence-electron chi connectivity index (χ1n) is 8.44. The van der Waals surface area contributed by atoms with Gasteiger partial charge in [-0.25, -0.2) is 4.39 Å². The third-order valence-electron chi connectivity index (χ3n) is 5.54. The van der Waals surface area contributed by atoms with E-state index >= 15 is 0 Å². The molecule has 0 saturated carbocycles. The standard InChI is InChI=1S/C20H19FN2O2/c1-22-13-20(17-7-6-15(21)12-19(17)22)10-8-14(9-11-20)16-4-2-3-5-18(16)23(24)25/h2-8,12H,9-11,13H2,1H3. The van der Waals surface area contributed by atoms with Gasteiger partial charge in [-0.15, -0.1) is 0 Å². The normalized spacial score (nSPS) is 22.0. The van der Waals surface area contributed by atoms with Gasteiger partial charge in [0.2, 0.25) is 0 Å². The molecule has 128 valence electrons. The van der Waals surface area contributed by atoms with E-state index in [9.17, 15) is 14.5 Å². The minimum absolute atomic E-state index is 0.0230. The molecule has 0 saturated heterocycles. The van der Waals surface area contributed by atoms with Crippen LogP contribution in [0.1, 0.15) is 30.4 Å². The second-order valence-corrected chi connectivity index (χ2v) is 7.01. The van der Waals surface area contributed by atoms with Crippen molar-refractivity contribution in [3.63, 3.8) is 0 Å². The first kappa shape index (κ1) is 15.8. The minimum atomic E-state index is -0.317. The molecular weight excluding hydrogens is 319 g/mol. The molecule has 4 nitrogen and oxygen atoms in total. The van der Waals surface area contributed by atoms with E-state index in [2.05, 4.69) is 11.0 Å². The smallest absolute Gasteiger partial charge is 0.276 e. The number of halogens is 1. The van der Waals surface area contributed by atoms with Crippen molar-refractivity contribution in [2.75, 3.05) is 18.5 Å². The maximum atomic E-state index is 13.6. The molecule has 2 aromatic carbocycles. The number of hydrogen-bond donors (Lipinski definition) is 0. The number of para-hydroxylation sites is 1. The number of nitro groups is 1. The molecule has 0 N–H and O–H groups in total. The van der Waals surface area contributed by atoms with Crippen molar-refractivity contribution >= 4 is 16.9 Å². The van der Waals surface area contributed by atoms with E-state index in [1.807, 2.05) is 25.2 Å². The topological polar surface area (TPSA) is 46.4 Å². The molecule has 0 amide bonds. The Kier molecular flexibility index (Phi) is 3.60. The van der Waals surface area contributed by atoms with Crippen molar-refractivity contribution < 1.29 is 9.31 Å². The van der Waals surface area contributed by atoms with Crippen LogP contribution in [0.2, 0.25) is 0 Å². The summed E-state index contributed by atoms with van der Waals surface area (Å²) in [7, 11) is 1.99. The molecule has 0 aromatic heterocycles. The van der Waals surface area contributed by atoms with Crippen LogP contribution in [0.4, 0.5) is 15.8 Å². The molecule has 1 heterocycles. The fourth-order valence-electron chi connectivity index (χ4n) is 4.33. The van der Waals surface area contributed by atoms with Gasteiger partial charge < -0.3 is 4.90 Å². The molecule has 5 heteroatoms. The Labute approximate surface area is 145 Å². The van der Waals surface area contributed by atoms with Crippen LogP contribution in [0, 0.1) is 15.9 Å². The maximum absolute atomic E-state index is 13.6. The lowest BCUT2D eigenvalue weighted by molar-refractivity contribution is -0.385. The number of fused-ring (bicyclic) bond motifs is 2. The zero-order valence-electron chi connectivity index (χ0n) is 14.0. The van der Waals surface area contributed by atoms with Crippen molar-refractivity contribution in [2.24, 2.45) is 0 Å². The lowest BCUT2D eigenvalue weighted by Crippen LogP contribution is -2.33. The van der Waals surface area contributed by atoms with Crippen LogP contribution in [0.25, 0.3) is 5.57 Å². The third-order valence-corrected chi connectivity index (χ3v) is 5.54. The van der Waals surface area contributed by atoms with Crippen molar-refractivity contribution in [2.45, 2.75) is 24.7 Å². The summed E-state index contributed by atoms with van der Waals surface area (Å²) in [5.74, 6) is -0.213. The van der Waals surface area contributed by atoms with Crippen LogP contribution in [0.5, 0.6) is 0 Å². The summed E-state index contributed by atoms with van der Waals surface area (Å²) in [6.07, 6.45) is 4.65. The van der Waals surface area contributed by atoms with Crippen LogP contribution in [0.15, 0.2) is 48.5 Å². The van der Waals surface area contributed by atoms with E-state index in [4.69, 9.17) is 0 Å². The van der Waals surface area contributed by atoms with Crippen LogP contribution in [-0.4, -0.2) is 18.5 Å². The predicted octanol–water partition coefficient (Wildman–Crippen LogP) is 4.69. The van der Waals surface area contributed by atoms with Gasteiger partial charge in [0.15, 0.2) is 0 Å². The van der Waals surface area contributed by atoms with Gasteiger partial charge in [0.25, 0.3) is 5.69 Å². The quantitative estimate of drug-likeness (QED) is 0.589. The Hall–Kier alpha value is -2.69. The summed E-state index contributed by atoms with van der Waals surface area (Å²) in [5, 5.41) is 11.3. The third kappa shape index (κ3) is 2.51. The zero-order chi connectivity index (χ0) is 17.6. The number of allylic oxidation sites excluding steroid dienone is 2. The maximum Gasteiger partial charge on any atom is 0.276 e. The first-order chi connectivity index (χ1) is 12.0. The number of hydrogen-bond acceptors (Lipinski definition) is 3. The molecule has 1 unspecified atom stereocenters. The lowest BCUT2D eigenvalue weighted by Gasteiger charge is -2.33. The number of likely N-dealkylation sites (N-methyl/N-ethyl adjacent to an activating group) is 1. The number of anilines is 1. The lowest BCUT2D eigenvalue weighted by atomic mass is 9.70. The van der Waals surface area contributed by atoms with Gasteiger partial charge in [0, 0.05) is 30.8 Å². The van der Waals surface area contributed by atoms with E-state index in [0.717, 1.165) is 37.1 Å². The highest BCUT2D eigenvalue weighted by molar-refractivity contribution is 5.75. The monoisotopic (exact) mass is 338 g/mol. The SMILES string of the molecule is CN1CC2(CC=C(c3ccccc3[N+](=O)[O-])CC2)c2ccc(F)cc21. The van der Waals surface area contributed by atoms with Gasteiger partial charge in [-0.05, 0) is 48.6 Å². The Morgan fingerprint density at radius 3 is 2.76 bits per heavy atom. The molecule has 0 radical (unpaired) electrons. The van der Waals surface area contributed by atoms with Gasteiger partial charge in [0.1, 0.15) is 5.82 Å². The van der Waals surface area contributed by atoms with Crippen molar-refractivity contribution in [3.05, 3.63) is 75.6 Å². The van der Waals surface area contributed by atoms with E-state index in [1.54, 1.807) is 18.2 Å². The molecule has 2 aliphatic rings. The van der Waals surface area contributed by atoms with Crippen LogP contribution < -0.4 is 4.90 Å². The largest absolute Gasteiger partial charge is 0.373 e. The summed E-state index contributed by atoms with van der Waals surface area (Å²) in [4.78, 5) is 13.1. The fourth-order valence-corrected chi connectivity index (χ4v) is 4.33. The highest BCUT2D eigenvalue weighted by Gasteiger charge is 2.42. The highest BCUT2D eigenvalue weighted by Crippen LogP contribution is 2.50. The van der Waals surface area contributed by atoms with Gasteiger partial charge in [-0.3, -0.25) is 10.1 Å². The Balaban J connectivity index is 1.70. The van der Waals surface area contributed by atoms with Crippen molar-refractivity contribution in [3.8, 4) is 0 Å². The number of nitrogens with zero attached hydrogens (tertiary/aromatic N) is 2. The molecule has 25 heavy (non-hydrogen) atoms. The molecule has 1 aliphatic heterocycles. The Morgan fingerprint density at radius 2 is 2.04 bits per heavy atom. The Bertz CT molecular complexity index is 893. The summed E-state index contributed by atoms with van der Waals surface area (Å²) in [6.45, 7) is 0.854. The van der Waals surface area contributed by atoms with Crippen molar-refractivity contribution in [1.82, 2.24) is 0 Å². The van der Waals surface area contributed by atoms with Crippen LogP contribution >= 0.6 is 0 Å². The number of nitro benzene ring substituents is 1. The molecular formula is C20H19FN2O2. The predicted molar refractivity (Wildman–Crippen MR) is 96.3 cm³/mol. The van der Waals surface area contributed by atoms with Gasteiger partial charge in [-0.2, -0.15) is 0 Å². The van der Waals surface area contributed by atoms with Crippen molar-refractivity contribution in [1.29, 1.82) is 0 Å². The van der Waals surface area contributed by atoms with E-state index in [1.165, 1.54) is 11.6 Å². The molecule has 0 fully saturated rings. The summed E-state index contributed by atoms with van der Waals surface area (Å²) in [5.41, 5.74) is 4.04. The molecule has 1 aliphatic carbocycles. The van der Waals surface area contributed by atoms with E-state index in [0.29, 0.717) is 5.56 Å². The fraction of sp³-hybridized carbons (Fsp3) is 0.300. The minimum Gasteiger partial charge on any atom is -0.373 e. The second kappa shape index (κ2) is 5.69. The number of rotatable bonds is 2.